The maximum atomic E-state index is 11.5. The van der Waals surface area contributed by atoms with Gasteiger partial charge in [-0.2, -0.15) is 5.06 Å². The zero-order valence-corrected chi connectivity index (χ0v) is 13.6. The Bertz CT molecular complexity index is 483. The number of halogens is 1. The average molecular weight is 346 g/mol. The van der Waals surface area contributed by atoms with Crippen molar-refractivity contribution in [3.63, 3.8) is 0 Å². The molecule has 1 saturated heterocycles. The molecule has 0 spiro atoms. The van der Waals surface area contributed by atoms with Crippen LogP contribution < -0.4 is 0 Å². The molecule has 1 aromatic heterocycles. The number of hydroxylamine groups is 2. The predicted molar refractivity (Wildman–Crippen MR) is 75.0 cm³/mol. The summed E-state index contributed by atoms with van der Waals surface area (Å²) in [6.07, 6.45) is 3.13. The summed E-state index contributed by atoms with van der Waals surface area (Å²) in [6.45, 7) is 6.75. The number of carboxylic acids is 1. The maximum Gasteiger partial charge on any atom is 0.320 e. The fourth-order valence-corrected chi connectivity index (χ4v) is 3.05. The predicted octanol–water partition coefficient (Wildman–Crippen LogP) is 1.64. The first-order valence-corrected chi connectivity index (χ1v) is 10.1. The number of hydrogen-bond acceptors (Lipinski definition) is 5. The molecule has 1 aromatic rings. The molecule has 19 heavy (non-hydrogen) atoms. The van der Waals surface area contributed by atoms with E-state index in [0.717, 1.165) is 4.47 Å². The van der Waals surface area contributed by atoms with Gasteiger partial charge in [-0.25, -0.2) is 9.97 Å². The van der Waals surface area contributed by atoms with Crippen LogP contribution in [-0.4, -0.2) is 47.5 Å². The van der Waals surface area contributed by atoms with E-state index >= 15 is 0 Å². The third kappa shape index (κ3) is 3.02. The zero-order chi connectivity index (χ0) is 14.3. The van der Waals surface area contributed by atoms with Crippen LogP contribution in [0, 0.1) is 0 Å². The second kappa shape index (κ2) is 4.93. The van der Waals surface area contributed by atoms with Gasteiger partial charge in [-0.1, -0.05) is 0 Å². The fraction of sp³-hybridized carbons (Fsp3) is 0.545. The molecule has 6 nitrogen and oxygen atoms in total. The largest absolute Gasteiger partial charge is 0.480 e. The molecule has 0 amide bonds. The van der Waals surface area contributed by atoms with Crippen molar-refractivity contribution in [2.24, 2.45) is 0 Å². The van der Waals surface area contributed by atoms with Gasteiger partial charge in [0.1, 0.15) is 5.82 Å². The highest BCUT2D eigenvalue weighted by Crippen LogP contribution is 2.34. The Morgan fingerprint density at radius 3 is 2.37 bits per heavy atom. The quantitative estimate of drug-likeness (QED) is 0.836. The summed E-state index contributed by atoms with van der Waals surface area (Å²) < 4.78 is 6.50. The van der Waals surface area contributed by atoms with E-state index in [2.05, 4.69) is 45.5 Å². The molecule has 0 saturated carbocycles. The Balaban J connectivity index is 2.16. The molecular formula is C11H16BrN3O3Si. The van der Waals surface area contributed by atoms with Gasteiger partial charge in [0, 0.05) is 25.5 Å². The Morgan fingerprint density at radius 2 is 1.95 bits per heavy atom. The van der Waals surface area contributed by atoms with Crippen LogP contribution in [0.15, 0.2) is 16.9 Å². The third-order valence-electron chi connectivity index (χ3n) is 2.75. The van der Waals surface area contributed by atoms with Gasteiger partial charge in [-0.15, -0.1) is 0 Å². The Labute approximate surface area is 121 Å². The number of rotatable bonds is 4. The molecule has 0 unspecified atom stereocenters. The summed E-state index contributed by atoms with van der Waals surface area (Å²) in [4.78, 5) is 19.8. The molecule has 1 aliphatic heterocycles. The van der Waals surface area contributed by atoms with Crippen LogP contribution in [0.5, 0.6) is 0 Å². The molecule has 0 atom stereocenters. The van der Waals surface area contributed by atoms with Crippen molar-refractivity contribution in [3.05, 3.63) is 22.7 Å². The topological polar surface area (TPSA) is 75.5 Å². The fourth-order valence-electron chi connectivity index (χ4n) is 1.94. The van der Waals surface area contributed by atoms with Crippen LogP contribution in [0.4, 0.5) is 0 Å². The van der Waals surface area contributed by atoms with E-state index < -0.39 is 19.7 Å². The second-order valence-corrected chi connectivity index (χ2v) is 10.9. The van der Waals surface area contributed by atoms with E-state index in [-0.39, 0.29) is 13.1 Å². The van der Waals surface area contributed by atoms with Crippen LogP contribution in [0.1, 0.15) is 5.82 Å². The van der Waals surface area contributed by atoms with Crippen molar-refractivity contribution in [1.82, 2.24) is 15.0 Å². The highest BCUT2D eigenvalue weighted by Gasteiger charge is 2.55. The molecular weight excluding hydrogens is 330 g/mol. The molecule has 2 rings (SSSR count). The molecule has 0 bridgehead atoms. The van der Waals surface area contributed by atoms with Gasteiger partial charge >= 0.3 is 5.97 Å². The van der Waals surface area contributed by atoms with Gasteiger partial charge in [-0.05, 0) is 35.6 Å². The van der Waals surface area contributed by atoms with Crippen LogP contribution in [-0.2, 0) is 14.7 Å². The summed E-state index contributed by atoms with van der Waals surface area (Å²) in [7, 11) is -1.71. The van der Waals surface area contributed by atoms with Gasteiger partial charge < -0.3 is 9.63 Å². The number of aliphatic carboxylic acids is 1. The molecule has 0 radical (unpaired) electrons. The maximum absolute atomic E-state index is 11.5. The highest BCUT2D eigenvalue weighted by atomic mass is 79.9. The lowest BCUT2D eigenvalue weighted by Crippen LogP contribution is -2.65. The normalized spacial score (nSPS) is 18.9. The van der Waals surface area contributed by atoms with E-state index in [1.807, 2.05) is 0 Å². The first-order valence-electron chi connectivity index (χ1n) is 5.88. The van der Waals surface area contributed by atoms with Crippen molar-refractivity contribution >= 4 is 30.2 Å². The first-order chi connectivity index (χ1) is 8.73. The number of nitrogens with zero attached hydrogens (tertiary/aromatic N) is 3. The molecule has 1 aliphatic rings. The number of aromatic nitrogens is 2. The smallest absolute Gasteiger partial charge is 0.320 e. The van der Waals surface area contributed by atoms with Crippen molar-refractivity contribution in [1.29, 1.82) is 0 Å². The van der Waals surface area contributed by atoms with Crippen molar-refractivity contribution in [3.8, 4) is 0 Å². The van der Waals surface area contributed by atoms with Gasteiger partial charge in [-0.3, -0.25) is 4.79 Å². The first kappa shape index (κ1) is 14.6. The Hall–Kier alpha value is -0.833. The van der Waals surface area contributed by atoms with E-state index in [9.17, 15) is 9.90 Å². The van der Waals surface area contributed by atoms with E-state index in [1.165, 1.54) is 0 Å². The van der Waals surface area contributed by atoms with Crippen molar-refractivity contribution in [2.75, 3.05) is 13.1 Å². The molecule has 8 heteroatoms. The Morgan fingerprint density at radius 1 is 1.42 bits per heavy atom. The van der Waals surface area contributed by atoms with E-state index in [4.69, 9.17) is 4.53 Å². The van der Waals surface area contributed by atoms with Gasteiger partial charge in [0.15, 0.2) is 5.41 Å². The lowest BCUT2D eigenvalue weighted by molar-refractivity contribution is -0.188. The summed E-state index contributed by atoms with van der Waals surface area (Å²) in [5.74, 6) is -0.580. The minimum atomic E-state index is -1.71. The minimum Gasteiger partial charge on any atom is -0.480 e. The number of carboxylic acid groups (broad SMARTS) is 1. The molecule has 2 heterocycles. The summed E-state index contributed by atoms with van der Waals surface area (Å²) >= 11 is 3.24. The zero-order valence-electron chi connectivity index (χ0n) is 11.1. The van der Waals surface area contributed by atoms with E-state index in [1.54, 1.807) is 17.5 Å². The molecule has 0 aliphatic carbocycles. The van der Waals surface area contributed by atoms with Gasteiger partial charge in [0.05, 0.1) is 4.47 Å². The van der Waals surface area contributed by atoms with Crippen molar-refractivity contribution < 1.29 is 14.4 Å². The van der Waals surface area contributed by atoms with Crippen LogP contribution in [0.2, 0.25) is 19.6 Å². The van der Waals surface area contributed by atoms with Gasteiger partial charge in [0.2, 0.25) is 8.32 Å². The minimum absolute atomic E-state index is 0.286. The van der Waals surface area contributed by atoms with E-state index in [0.29, 0.717) is 5.82 Å². The molecule has 1 N–H and O–H groups in total. The lowest BCUT2D eigenvalue weighted by atomic mass is 9.80. The summed E-state index contributed by atoms with van der Waals surface area (Å²) in [5.41, 5.74) is -1.06. The summed E-state index contributed by atoms with van der Waals surface area (Å²) in [6, 6.07) is 0. The lowest BCUT2D eigenvalue weighted by Gasteiger charge is -2.47. The van der Waals surface area contributed by atoms with Crippen LogP contribution in [0.3, 0.4) is 0 Å². The van der Waals surface area contributed by atoms with Crippen LogP contribution >= 0.6 is 15.9 Å². The number of carbonyl (C=O) groups is 1. The Kier molecular flexibility index (Phi) is 3.78. The van der Waals surface area contributed by atoms with Crippen LogP contribution in [0.25, 0.3) is 0 Å². The standard InChI is InChI=1S/C11H16BrN3O3Si/c1-19(2,3)18-15-6-11(7-15,10(16)17)9-13-4-8(12)5-14-9/h4-5H,6-7H2,1-3H3,(H,16,17). The number of hydrogen-bond donors (Lipinski definition) is 1. The summed E-state index contributed by atoms with van der Waals surface area (Å²) in [5, 5.41) is 11.2. The SMILES string of the molecule is C[Si](C)(C)ON1CC(C(=O)O)(c2ncc(Br)cn2)C1. The van der Waals surface area contributed by atoms with Gasteiger partial charge in [0.25, 0.3) is 0 Å². The highest BCUT2D eigenvalue weighted by molar-refractivity contribution is 9.10. The third-order valence-corrected chi connectivity index (χ3v) is 3.97. The molecule has 1 fully saturated rings. The molecule has 104 valence electrons. The second-order valence-electron chi connectivity index (χ2n) is 5.61. The monoisotopic (exact) mass is 345 g/mol. The average Bonchev–Trinajstić information content (AvgIpc) is 2.22. The molecule has 0 aromatic carbocycles. The van der Waals surface area contributed by atoms with Crippen molar-refractivity contribution in [2.45, 2.75) is 25.1 Å².